The Morgan fingerprint density at radius 3 is 2.55 bits per heavy atom. The van der Waals surface area contributed by atoms with Crippen LogP contribution in [0.3, 0.4) is 0 Å². The molecule has 3 aromatic rings. The van der Waals surface area contributed by atoms with E-state index >= 15 is 0 Å². The van der Waals surface area contributed by atoms with E-state index in [1.165, 1.54) is 37.5 Å². The van der Waals surface area contributed by atoms with Crippen LogP contribution >= 0.6 is 11.3 Å². The van der Waals surface area contributed by atoms with Crippen molar-refractivity contribution in [3.63, 3.8) is 0 Å². The second-order valence-corrected chi connectivity index (χ2v) is 7.28. The van der Waals surface area contributed by atoms with E-state index in [0.717, 1.165) is 18.4 Å². The topological polar surface area (TPSA) is 12.9 Å². The molecular weight excluding hydrogens is 286 g/mol. The van der Waals surface area contributed by atoms with Crippen molar-refractivity contribution in [3.05, 3.63) is 75.8 Å². The lowest BCUT2D eigenvalue weighted by Gasteiger charge is -2.09. The summed E-state index contributed by atoms with van der Waals surface area (Å²) in [5.74, 6) is 0. The Kier molecular flexibility index (Phi) is 4.12. The zero-order valence-corrected chi connectivity index (χ0v) is 14.3. The van der Waals surface area contributed by atoms with E-state index in [9.17, 15) is 0 Å². The van der Waals surface area contributed by atoms with Crippen LogP contribution in [0.25, 0.3) is 10.2 Å². The summed E-state index contributed by atoms with van der Waals surface area (Å²) < 4.78 is 1.28. The number of hydrogen-bond donors (Lipinski definition) is 0. The first-order valence-electron chi connectivity index (χ1n) is 7.60. The predicted molar refractivity (Wildman–Crippen MR) is 96.9 cm³/mol. The molecule has 0 aliphatic heterocycles. The second-order valence-electron chi connectivity index (χ2n) is 6.16. The molecule has 0 saturated carbocycles. The van der Waals surface area contributed by atoms with Crippen molar-refractivity contribution in [2.24, 2.45) is 0 Å². The summed E-state index contributed by atoms with van der Waals surface area (Å²) >= 11 is 1.81. The molecule has 0 aliphatic carbocycles. The molecule has 0 N–H and O–H groups in total. The minimum atomic E-state index is 0.905. The lowest BCUT2D eigenvalue weighted by molar-refractivity contribution is 1.06. The Balaban J connectivity index is 1.96. The molecule has 1 nitrogen and oxygen atoms in total. The third kappa shape index (κ3) is 3.28. The molecule has 0 amide bonds. The zero-order chi connectivity index (χ0) is 15.7. The van der Waals surface area contributed by atoms with Gasteiger partial charge in [0.25, 0.3) is 0 Å². The van der Waals surface area contributed by atoms with Crippen LogP contribution in [-0.2, 0) is 12.8 Å². The summed E-state index contributed by atoms with van der Waals surface area (Å²) in [4.78, 5) is 4.80. The van der Waals surface area contributed by atoms with Crippen molar-refractivity contribution >= 4 is 21.6 Å². The summed E-state index contributed by atoms with van der Waals surface area (Å²) in [5.41, 5.74) is 7.65. The molecule has 0 radical (unpaired) electrons. The highest BCUT2D eigenvalue weighted by Crippen LogP contribution is 2.26. The van der Waals surface area contributed by atoms with Gasteiger partial charge < -0.3 is 0 Å². The van der Waals surface area contributed by atoms with E-state index in [2.05, 4.69) is 63.7 Å². The standard InChI is InChI=1S/C20H21NS/c1-13(2)9-16-7-5-14(3)10-17(16)12-20-21-18-8-6-15(4)11-19(18)22-20/h5-8,10-11H,1,9,12H2,2-4H3. The molecule has 0 unspecified atom stereocenters. The van der Waals surface area contributed by atoms with Crippen LogP contribution in [0, 0.1) is 13.8 Å². The summed E-state index contributed by atoms with van der Waals surface area (Å²) in [6.45, 7) is 10.4. The Labute approximate surface area is 136 Å². The van der Waals surface area contributed by atoms with E-state index in [-0.39, 0.29) is 0 Å². The molecule has 0 fully saturated rings. The fourth-order valence-electron chi connectivity index (χ4n) is 2.73. The van der Waals surface area contributed by atoms with Gasteiger partial charge in [-0.1, -0.05) is 42.0 Å². The molecule has 2 heteroatoms. The number of thiazole rings is 1. The summed E-state index contributed by atoms with van der Waals surface area (Å²) in [7, 11) is 0. The van der Waals surface area contributed by atoms with Gasteiger partial charge in [-0.15, -0.1) is 11.3 Å². The Bertz CT molecular complexity index is 842. The van der Waals surface area contributed by atoms with Gasteiger partial charge in [0.2, 0.25) is 0 Å². The molecule has 1 aromatic heterocycles. The smallest absolute Gasteiger partial charge is 0.0982 e. The third-order valence-corrected chi connectivity index (χ3v) is 4.80. The lowest BCUT2D eigenvalue weighted by Crippen LogP contribution is -1.97. The highest BCUT2D eigenvalue weighted by atomic mass is 32.1. The summed E-state index contributed by atoms with van der Waals surface area (Å²) in [6, 6.07) is 13.2. The van der Waals surface area contributed by atoms with Gasteiger partial charge >= 0.3 is 0 Å². The van der Waals surface area contributed by atoms with E-state index in [1.807, 2.05) is 0 Å². The first-order valence-corrected chi connectivity index (χ1v) is 8.42. The average molecular weight is 307 g/mol. The lowest BCUT2D eigenvalue weighted by atomic mass is 9.97. The average Bonchev–Trinajstić information content (AvgIpc) is 2.83. The number of aryl methyl sites for hydroxylation is 2. The van der Waals surface area contributed by atoms with E-state index < -0.39 is 0 Å². The number of benzene rings is 2. The molecule has 0 spiro atoms. The normalized spacial score (nSPS) is 11.0. The number of allylic oxidation sites excluding steroid dienone is 1. The first-order chi connectivity index (χ1) is 10.5. The number of fused-ring (bicyclic) bond motifs is 1. The fourth-order valence-corrected chi connectivity index (χ4v) is 3.82. The monoisotopic (exact) mass is 307 g/mol. The Morgan fingerprint density at radius 2 is 1.77 bits per heavy atom. The molecule has 0 atom stereocenters. The quantitative estimate of drug-likeness (QED) is 0.570. The van der Waals surface area contributed by atoms with Crippen LogP contribution in [0.2, 0.25) is 0 Å². The molecule has 0 aliphatic rings. The number of aromatic nitrogens is 1. The van der Waals surface area contributed by atoms with Crippen molar-refractivity contribution < 1.29 is 0 Å². The van der Waals surface area contributed by atoms with Crippen molar-refractivity contribution in [2.75, 3.05) is 0 Å². The van der Waals surface area contributed by atoms with Gasteiger partial charge in [-0.3, -0.25) is 0 Å². The van der Waals surface area contributed by atoms with Gasteiger partial charge in [-0.2, -0.15) is 0 Å². The largest absolute Gasteiger partial charge is 0.241 e. The van der Waals surface area contributed by atoms with Crippen molar-refractivity contribution in [2.45, 2.75) is 33.6 Å². The minimum absolute atomic E-state index is 0.905. The maximum absolute atomic E-state index is 4.80. The SMILES string of the molecule is C=C(C)Cc1ccc(C)cc1Cc1nc2ccc(C)cc2s1. The maximum Gasteiger partial charge on any atom is 0.0982 e. The molecular formula is C20H21NS. The van der Waals surface area contributed by atoms with Gasteiger partial charge in [0.1, 0.15) is 0 Å². The van der Waals surface area contributed by atoms with E-state index in [4.69, 9.17) is 4.98 Å². The van der Waals surface area contributed by atoms with Crippen molar-refractivity contribution in [1.82, 2.24) is 4.98 Å². The Hall–Kier alpha value is -1.93. The predicted octanol–water partition coefficient (Wildman–Crippen LogP) is 5.62. The van der Waals surface area contributed by atoms with Crippen molar-refractivity contribution in [3.8, 4) is 0 Å². The Morgan fingerprint density at radius 1 is 1.05 bits per heavy atom. The fraction of sp³-hybridized carbons (Fsp3) is 0.250. The first kappa shape index (κ1) is 15.0. The van der Waals surface area contributed by atoms with Crippen molar-refractivity contribution in [1.29, 1.82) is 0 Å². The third-order valence-electron chi connectivity index (χ3n) is 3.78. The molecule has 3 rings (SSSR count). The molecule has 2 aromatic carbocycles. The van der Waals surface area contributed by atoms with Gasteiger partial charge in [0, 0.05) is 6.42 Å². The second kappa shape index (κ2) is 6.05. The minimum Gasteiger partial charge on any atom is -0.241 e. The highest BCUT2D eigenvalue weighted by molar-refractivity contribution is 7.18. The van der Waals surface area contributed by atoms with E-state index in [1.54, 1.807) is 11.3 Å². The van der Waals surface area contributed by atoms with Gasteiger partial charge in [0.15, 0.2) is 0 Å². The molecule has 22 heavy (non-hydrogen) atoms. The molecule has 0 saturated heterocycles. The summed E-state index contributed by atoms with van der Waals surface area (Å²) in [6.07, 6.45) is 1.85. The van der Waals surface area contributed by atoms with Crippen LogP contribution in [0.4, 0.5) is 0 Å². The van der Waals surface area contributed by atoms with Gasteiger partial charge in [-0.25, -0.2) is 4.98 Å². The number of hydrogen-bond acceptors (Lipinski definition) is 2. The van der Waals surface area contributed by atoms with Crippen LogP contribution < -0.4 is 0 Å². The van der Waals surface area contributed by atoms with E-state index in [0.29, 0.717) is 0 Å². The van der Waals surface area contributed by atoms with Crippen LogP contribution in [-0.4, -0.2) is 4.98 Å². The molecule has 112 valence electrons. The number of rotatable bonds is 4. The van der Waals surface area contributed by atoms with Crippen LogP contribution in [0.15, 0.2) is 48.6 Å². The van der Waals surface area contributed by atoms with Crippen LogP contribution in [0.5, 0.6) is 0 Å². The highest BCUT2D eigenvalue weighted by Gasteiger charge is 2.09. The number of nitrogens with zero attached hydrogens (tertiary/aromatic N) is 1. The summed E-state index contributed by atoms with van der Waals surface area (Å²) in [5, 5.41) is 1.19. The van der Waals surface area contributed by atoms with Crippen LogP contribution in [0.1, 0.15) is 34.2 Å². The van der Waals surface area contributed by atoms with Gasteiger partial charge in [0.05, 0.1) is 15.2 Å². The van der Waals surface area contributed by atoms with Gasteiger partial charge in [-0.05, 0) is 56.0 Å². The maximum atomic E-state index is 4.80. The zero-order valence-electron chi connectivity index (χ0n) is 13.4. The molecule has 0 bridgehead atoms. The molecule has 1 heterocycles.